The summed E-state index contributed by atoms with van der Waals surface area (Å²) in [4.78, 5) is 21.3. The summed E-state index contributed by atoms with van der Waals surface area (Å²) in [6.45, 7) is 1.69. The molecule has 0 aromatic rings. The van der Waals surface area contributed by atoms with Crippen molar-refractivity contribution in [2.45, 2.75) is 6.92 Å². The van der Waals surface area contributed by atoms with Gasteiger partial charge in [0.1, 0.15) is 0 Å². The van der Waals surface area contributed by atoms with Gasteiger partial charge in [-0.3, -0.25) is 0 Å². The number of rotatable bonds is 2. The van der Waals surface area contributed by atoms with E-state index in [0.717, 1.165) is 0 Å². The molecule has 0 aromatic carbocycles. The van der Waals surface area contributed by atoms with Crippen LogP contribution in [-0.2, 0) is 4.84 Å². The average Bonchev–Trinajstić information content (AvgIpc) is 1.62. The Morgan fingerprint density at radius 2 is 1.80 bits per heavy atom. The van der Waals surface area contributed by atoms with Crippen LogP contribution in [0.4, 0.5) is 0 Å². The van der Waals surface area contributed by atoms with Crippen LogP contribution in [0.15, 0.2) is 0 Å². The fraction of sp³-hybridized carbons (Fsp3) is 1.00. The second-order valence-electron chi connectivity index (χ2n) is 0.879. The molecule has 0 atom stereocenters. The summed E-state index contributed by atoms with van der Waals surface area (Å²) in [6, 6.07) is 0. The van der Waals surface area contributed by atoms with Crippen molar-refractivity contribution in [2.24, 2.45) is 0 Å². The van der Waals surface area contributed by atoms with E-state index < -0.39 is 10.2 Å². The lowest BCUT2D eigenvalue weighted by atomic mass is 10.9. The second-order valence-corrected chi connectivity index (χ2v) is 0.879. The van der Waals surface area contributed by atoms with Crippen molar-refractivity contribution in [1.82, 2.24) is 0 Å². The van der Waals surface area contributed by atoms with Crippen molar-refractivity contribution < 1.29 is 20.2 Å². The van der Waals surface area contributed by atoms with E-state index in [9.17, 15) is 10.1 Å². The molecule has 0 fully saturated rings. The van der Waals surface area contributed by atoms with Crippen molar-refractivity contribution in [3.63, 3.8) is 0 Å². The van der Waals surface area contributed by atoms with Gasteiger partial charge < -0.3 is 10.0 Å². The van der Waals surface area contributed by atoms with Crippen LogP contribution in [0.2, 0.25) is 0 Å². The van der Waals surface area contributed by atoms with Crippen LogP contribution < -0.4 is 0 Å². The van der Waals surface area contributed by atoms with Gasteiger partial charge in [-0.05, 0) is 6.92 Å². The van der Waals surface area contributed by atoms with Crippen LogP contribution in [0.25, 0.3) is 0 Å². The van der Waals surface area contributed by atoms with Crippen LogP contribution in [0, 0.1) is 20.2 Å². The van der Waals surface area contributed by atoms with Crippen LogP contribution in [-0.4, -0.2) is 22.0 Å². The third-order valence-electron chi connectivity index (χ3n) is 0.235. The number of hydrogen-bond acceptors (Lipinski definition) is 5. The molecule has 0 amide bonds. The molecule has 1 N–H and O–H groups in total. The highest BCUT2D eigenvalue weighted by molar-refractivity contribution is 3.95. The van der Waals surface area contributed by atoms with Crippen molar-refractivity contribution in [3.05, 3.63) is 20.2 Å². The molecule has 0 spiro atoms. The van der Waals surface area contributed by atoms with Crippen molar-refractivity contribution >= 4 is 0 Å². The summed E-state index contributed by atoms with van der Waals surface area (Å²) >= 11 is 0. The largest absolute Gasteiger partial charge is 0.328 e. The Kier molecular flexibility index (Phi) is 8.31. The van der Waals surface area contributed by atoms with E-state index in [1.54, 1.807) is 6.92 Å². The predicted molar refractivity (Wildman–Crippen MR) is 27.4 cm³/mol. The summed E-state index contributed by atoms with van der Waals surface area (Å²) in [6.07, 6.45) is 0. The molecule has 0 heterocycles. The number of nitrogens with zero attached hydrogens (tertiary/aromatic N) is 2. The first-order valence-electron chi connectivity index (χ1n) is 2.11. The van der Waals surface area contributed by atoms with Gasteiger partial charge in [0, 0.05) is 0 Å². The molecule has 0 bridgehead atoms. The zero-order chi connectivity index (χ0) is 8.57. The Morgan fingerprint density at radius 3 is 1.80 bits per heavy atom. The Hall–Kier alpha value is -1.60. The third kappa shape index (κ3) is 95.2. The molecule has 0 aliphatic heterocycles. The zero-order valence-electron chi connectivity index (χ0n) is 5.09. The van der Waals surface area contributed by atoms with Gasteiger partial charge in [0.05, 0.1) is 6.61 Å². The molecule has 0 saturated carbocycles. The number of hydrogen-bond donors (Lipinski definition) is 1. The van der Waals surface area contributed by atoms with E-state index in [1.165, 1.54) is 0 Å². The third-order valence-corrected chi connectivity index (χ3v) is 0.235. The van der Waals surface area contributed by atoms with E-state index in [-0.39, 0.29) is 6.61 Å². The lowest BCUT2D eigenvalue weighted by Crippen LogP contribution is -1.97. The maximum Gasteiger partial charge on any atom is 0.294 e. The lowest BCUT2D eigenvalue weighted by Gasteiger charge is -1.83. The van der Waals surface area contributed by atoms with Crippen molar-refractivity contribution in [1.29, 1.82) is 0 Å². The molecular formula is C2H6N2O6. The van der Waals surface area contributed by atoms with Crippen LogP contribution in [0.5, 0.6) is 0 Å². The van der Waals surface area contributed by atoms with Crippen molar-refractivity contribution in [3.8, 4) is 0 Å². The molecule has 0 aliphatic carbocycles. The van der Waals surface area contributed by atoms with Gasteiger partial charge in [0.15, 0.2) is 0 Å². The van der Waals surface area contributed by atoms with Gasteiger partial charge in [-0.15, -0.1) is 20.2 Å². The first kappa shape index (κ1) is 11.2. The minimum atomic E-state index is -1.50. The quantitative estimate of drug-likeness (QED) is 0.437. The normalized spacial score (nSPS) is 6.90. The first-order chi connectivity index (χ1) is 4.50. The first-order valence-corrected chi connectivity index (χ1v) is 2.11. The molecule has 10 heavy (non-hydrogen) atoms. The minimum Gasteiger partial charge on any atom is -0.328 e. The standard InChI is InChI=1S/C2H5NO3.HNO3/c1-2-6-3(4)5;2-1(3)4/h2H2,1H3;(H,2,3,4). The summed E-state index contributed by atoms with van der Waals surface area (Å²) in [7, 11) is 0. The fourth-order valence-corrected chi connectivity index (χ4v) is 0.105. The summed E-state index contributed by atoms with van der Waals surface area (Å²) < 4.78 is 0. The van der Waals surface area contributed by atoms with E-state index in [4.69, 9.17) is 15.3 Å². The molecule has 0 aromatic heterocycles. The smallest absolute Gasteiger partial charge is 0.294 e. The second kappa shape index (κ2) is 7.40. The van der Waals surface area contributed by atoms with Gasteiger partial charge in [-0.25, -0.2) is 0 Å². The van der Waals surface area contributed by atoms with E-state index >= 15 is 0 Å². The molecule has 0 radical (unpaired) electrons. The monoisotopic (exact) mass is 154 g/mol. The summed E-state index contributed by atoms with van der Waals surface area (Å²) in [5.74, 6) is 0. The molecule has 8 heteroatoms. The Bertz CT molecular complexity index is 108. The molecule has 0 unspecified atom stereocenters. The van der Waals surface area contributed by atoms with Gasteiger partial charge in [0.25, 0.3) is 10.2 Å². The molecule has 0 saturated heterocycles. The van der Waals surface area contributed by atoms with Crippen LogP contribution >= 0.6 is 0 Å². The van der Waals surface area contributed by atoms with E-state index in [2.05, 4.69) is 4.84 Å². The molecular weight excluding hydrogens is 148 g/mol. The summed E-state index contributed by atoms with van der Waals surface area (Å²) in [5, 5.41) is 22.0. The minimum absolute atomic E-state index is 0.132. The Morgan fingerprint density at radius 1 is 1.50 bits per heavy atom. The highest BCUT2D eigenvalue weighted by atomic mass is 16.9. The van der Waals surface area contributed by atoms with Crippen LogP contribution in [0.1, 0.15) is 6.92 Å². The molecule has 60 valence electrons. The lowest BCUT2D eigenvalue weighted by molar-refractivity contribution is -0.756. The SMILES string of the molecule is CCO[N+](=O)[O-].O=[N+]([O-])O. The maximum atomic E-state index is 9.18. The van der Waals surface area contributed by atoms with Gasteiger partial charge in [-0.2, -0.15) is 0 Å². The van der Waals surface area contributed by atoms with Gasteiger partial charge in [-0.1, -0.05) is 0 Å². The summed E-state index contributed by atoms with van der Waals surface area (Å²) in [5.41, 5.74) is 0. The highest BCUT2D eigenvalue weighted by Gasteiger charge is 1.83. The molecule has 0 aliphatic rings. The Labute approximate surface area is 55.2 Å². The van der Waals surface area contributed by atoms with Gasteiger partial charge >= 0.3 is 0 Å². The highest BCUT2D eigenvalue weighted by Crippen LogP contribution is 1.67. The Balaban J connectivity index is 0. The molecule has 0 rings (SSSR count). The topological polar surface area (TPSA) is 116 Å². The van der Waals surface area contributed by atoms with E-state index in [1.807, 2.05) is 0 Å². The maximum absolute atomic E-state index is 9.18. The average molecular weight is 154 g/mol. The molecule has 8 nitrogen and oxygen atoms in total. The predicted octanol–water partition coefficient (Wildman–Crippen LogP) is -0.133. The zero-order valence-corrected chi connectivity index (χ0v) is 5.09. The van der Waals surface area contributed by atoms with E-state index in [0.29, 0.717) is 0 Å². The van der Waals surface area contributed by atoms with Crippen molar-refractivity contribution in [2.75, 3.05) is 6.61 Å². The van der Waals surface area contributed by atoms with Crippen LogP contribution in [0.3, 0.4) is 0 Å². The van der Waals surface area contributed by atoms with Gasteiger partial charge in [0.2, 0.25) is 0 Å². The fourth-order valence-electron chi connectivity index (χ4n) is 0.105.